The predicted octanol–water partition coefficient (Wildman–Crippen LogP) is 4.19. The van der Waals surface area contributed by atoms with E-state index in [0.717, 1.165) is 0 Å². The number of nitriles is 1. The average molecular weight is 408 g/mol. The lowest BCUT2D eigenvalue weighted by Crippen LogP contribution is -2.21. The van der Waals surface area contributed by atoms with E-state index in [-0.39, 0.29) is 16.3 Å². The summed E-state index contributed by atoms with van der Waals surface area (Å²) >= 11 is 5.93. The normalized spacial score (nSPS) is 9.93. The molecule has 0 saturated heterocycles. The number of aromatic nitrogens is 1. The van der Waals surface area contributed by atoms with Gasteiger partial charge in [0.2, 0.25) is 0 Å². The number of anilines is 1. The van der Waals surface area contributed by atoms with Crippen molar-refractivity contribution in [3.8, 4) is 17.6 Å². The number of nitrogens with zero attached hydrogens (tertiary/aromatic N) is 2. The lowest BCUT2D eigenvalue weighted by atomic mass is 10.2. The van der Waals surface area contributed by atoms with Crippen molar-refractivity contribution < 1.29 is 19.1 Å². The van der Waals surface area contributed by atoms with Gasteiger partial charge in [0, 0.05) is 11.9 Å². The minimum absolute atomic E-state index is 0.172. The summed E-state index contributed by atoms with van der Waals surface area (Å²) in [6, 6.07) is 16.3. The van der Waals surface area contributed by atoms with Crippen molar-refractivity contribution in [2.24, 2.45) is 0 Å². The second-order valence-corrected chi connectivity index (χ2v) is 6.12. The highest BCUT2D eigenvalue weighted by molar-refractivity contribution is 6.32. The van der Waals surface area contributed by atoms with E-state index in [2.05, 4.69) is 10.3 Å². The smallest absolute Gasteiger partial charge is 0.342 e. The summed E-state index contributed by atoms with van der Waals surface area (Å²) < 4.78 is 10.7. The van der Waals surface area contributed by atoms with Gasteiger partial charge in [-0.15, -0.1) is 0 Å². The third-order valence-electron chi connectivity index (χ3n) is 3.68. The first-order valence-electron chi connectivity index (χ1n) is 8.40. The highest BCUT2D eigenvalue weighted by Crippen LogP contribution is 2.25. The molecular formula is C21H14ClN3O4. The first-order valence-corrected chi connectivity index (χ1v) is 8.78. The second kappa shape index (κ2) is 9.35. The van der Waals surface area contributed by atoms with Crippen molar-refractivity contribution >= 4 is 29.2 Å². The van der Waals surface area contributed by atoms with Crippen molar-refractivity contribution in [1.29, 1.82) is 5.26 Å². The summed E-state index contributed by atoms with van der Waals surface area (Å²) in [6.45, 7) is -0.502. The molecule has 0 spiro atoms. The molecular weight excluding hydrogens is 394 g/mol. The number of carbonyl (C=O) groups is 2. The number of benzene rings is 2. The van der Waals surface area contributed by atoms with E-state index in [1.54, 1.807) is 36.5 Å². The van der Waals surface area contributed by atoms with Gasteiger partial charge in [0.25, 0.3) is 5.91 Å². The second-order valence-electron chi connectivity index (χ2n) is 5.72. The molecule has 0 aliphatic carbocycles. The number of carbonyl (C=O) groups excluding carboxylic acids is 2. The molecule has 2 aromatic carbocycles. The molecule has 7 nitrogen and oxygen atoms in total. The van der Waals surface area contributed by atoms with E-state index < -0.39 is 18.5 Å². The zero-order valence-electron chi connectivity index (χ0n) is 15.0. The molecule has 0 saturated carbocycles. The monoisotopic (exact) mass is 407 g/mol. The first-order chi connectivity index (χ1) is 14.1. The third kappa shape index (κ3) is 5.31. The van der Waals surface area contributed by atoms with E-state index in [9.17, 15) is 9.59 Å². The Morgan fingerprint density at radius 3 is 2.69 bits per heavy atom. The molecule has 0 aliphatic heterocycles. The molecule has 0 aliphatic rings. The van der Waals surface area contributed by atoms with Crippen molar-refractivity contribution in [3.05, 3.63) is 83.1 Å². The molecule has 3 aromatic rings. The Balaban J connectivity index is 1.61. The third-order valence-corrected chi connectivity index (χ3v) is 3.99. The van der Waals surface area contributed by atoms with Crippen molar-refractivity contribution in [2.45, 2.75) is 0 Å². The molecule has 29 heavy (non-hydrogen) atoms. The Morgan fingerprint density at radius 2 is 1.97 bits per heavy atom. The van der Waals surface area contributed by atoms with Gasteiger partial charge in [0.15, 0.2) is 6.61 Å². The van der Waals surface area contributed by atoms with E-state index >= 15 is 0 Å². The maximum absolute atomic E-state index is 12.4. The van der Waals surface area contributed by atoms with Gasteiger partial charge in [-0.05, 0) is 42.5 Å². The number of esters is 1. The number of pyridine rings is 1. The first kappa shape index (κ1) is 19.9. The molecule has 0 atom stereocenters. The SMILES string of the molecule is N#Cc1ccc(NC(=O)COC(=O)c2ccccc2Oc2cccnc2)cc1Cl. The zero-order chi connectivity index (χ0) is 20.6. The summed E-state index contributed by atoms with van der Waals surface area (Å²) in [5.74, 6) is -0.518. The van der Waals surface area contributed by atoms with Crippen LogP contribution in [-0.2, 0) is 9.53 Å². The van der Waals surface area contributed by atoms with Crippen molar-refractivity contribution in [3.63, 3.8) is 0 Å². The van der Waals surface area contributed by atoms with Gasteiger partial charge in [-0.2, -0.15) is 5.26 Å². The molecule has 1 amide bonds. The summed E-state index contributed by atoms with van der Waals surface area (Å²) in [4.78, 5) is 28.4. The molecule has 0 unspecified atom stereocenters. The zero-order valence-corrected chi connectivity index (χ0v) is 15.7. The topological polar surface area (TPSA) is 101 Å². The number of halogens is 1. The Bertz CT molecular complexity index is 1080. The number of para-hydroxylation sites is 1. The number of hydrogen-bond acceptors (Lipinski definition) is 6. The average Bonchev–Trinajstić information content (AvgIpc) is 2.73. The van der Waals surface area contributed by atoms with Crippen molar-refractivity contribution in [2.75, 3.05) is 11.9 Å². The fourth-order valence-corrected chi connectivity index (χ4v) is 2.57. The Labute approximate surface area is 171 Å². The maximum Gasteiger partial charge on any atom is 0.342 e. The quantitative estimate of drug-likeness (QED) is 0.614. The Hall–Kier alpha value is -3.89. The van der Waals surface area contributed by atoms with E-state index in [1.165, 1.54) is 30.5 Å². The molecule has 3 rings (SSSR count). The van der Waals surface area contributed by atoms with Gasteiger partial charge >= 0.3 is 5.97 Å². The summed E-state index contributed by atoms with van der Waals surface area (Å²) in [7, 11) is 0. The summed E-state index contributed by atoms with van der Waals surface area (Å²) in [6.07, 6.45) is 3.12. The largest absolute Gasteiger partial charge is 0.455 e. The molecule has 0 bridgehead atoms. The van der Waals surface area contributed by atoms with Gasteiger partial charge in [-0.25, -0.2) is 4.79 Å². The van der Waals surface area contributed by atoms with Crippen LogP contribution >= 0.6 is 11.6 Å². The van der Waals surface area contributed by atoms with Gasteiger partial charge < -0.3 is 14.8 Å². The van der Waals surface area contributed by atoms with Crippen LogP contribution < -0.4 is 10.1 Å². The van der Waals surface area contributed by atoms with Crippen LogP contribution in [-0.4, -0.2) is 23.5 Å². The van der Waals surface area contributed by atoms with Crippen LogP contribution in [0, 0.1) is 11.3 Å². The minimum Gasteiger partial charge on any atom is -0.455 e. The summed E-state index contributed by atoms with van der Waals surface area (Å²) in [5, 5.41) is 11.6. The molecule has 1 N–H and O–H groups in total. The molecule has 1 aromatic heterocycles. The van der Waals surface area contributed by atoms with Gasteiger partial charge in [-0.1, -0.05) is 23.7 Å². The highest BCUT2D eigenvalue weighted by Gasteiger charge is 2.16. The standard InChI is InChI=1S/C21H14ClN3O4/c22-18-10-15(8-7-14(18)11-23)25-20(26)13-28-21(27)17-5-1-2-6-19(17)29-16-4-3-9-24-12-16/h1-10,12H,13H2,(H,25,26). The van der Waals surface area contributed by atoms with Crippen LogP contribution in [0.2, 0.25) is 5.02 Å². The lowest BCUT2D eigenvalue weighted by molar-refractivity contribution is -0.119. The Morgan fingerprint density at radius 1 is 1.14 bits per heavy atom. The van der Waals surface area contributed by atoms with Crippen LogP contribution in [0.4, 0.5) is 5.69 Å². The van der Waals surface area contributed by atoms with Gasteiger partial charge in [-0.3, -0.25) is 9.78 Å². The van der Waals surface area contributed by atoms with E-state index in [1.807, 2.05) is 6.07 Å². The number of rotatable bonds is 6. The van der Waals surface area contributed by atoms with Crippen LogP contribution in [0.3, 0.4) is 0 Å². The fourth-order valence-electron chi connectivity index (χ4n) is 2.35. The van der Waals surface area contributed by atoms with Crippen LogP contribution in [0.5, 0.6) is 11.5 Å². The molecule has 1 heterocycles. The maximum atomic E-state index is 12.4. The Kier molecular flexibility index (Phi) is 6.40. The molecule has 144 valence electrons. The lowest BCUT2D eigenvalue weighted by Gasteiger charge is -2.11. The molecule has 0 radical (unpaired) electrons. The van der Waals surface area contributed by atoms with E-state index in [4.69, 9.17) is 26.3 Å². The number of nitrogens with one attached hydrogen (secondary N) is 1. The van der Waals surface area contributed by atoms with Gasteiger partial charge in [0.1, 0.15) is 23.1 Å². The highest BCUT2D eigenvalue weighted by atomic mass is 35.5. The van der Waals surface area contributed by atoms with Gasteiger partial charge in [0.05, 0.1) is 16.8 Å². The van der Waals surface area contributed by atoms with Crippen LogP contribution in [0.25, 0.3) is 0 Å². The fraction of sp³-hybridized carbons (Fsp3) is 0.0476. The molecule has 8 heteroatoms. The van der Waals surface area contributed by atoms with E-state index in [0.29, 0.717) is 17.0 Å². The van der Waals surface area contributed by atoms with Crippen LogP contribution in [0.1, 0.15) is 15.9 Å². The molecule has 0 fully saturated rings. The number of hydrogen-bond donors (Lipinski definition) is 1. The summed E-state index contributed by atoms with van der Waals surface area (Å²) in [5.41, 5.74) is 0.849. The minimum atomic E-state index is -0.711. The predicted molar refractivity (Wildman–Crippen MR) is 106 cm³/mol. The van der Waals surface area contributed by atoms with Crippen molar-refractivity contribution in [1.82, 2.24) is 4.98 Å². The number of amides is 1. The van der Waals surface area contributed by atoms with Crippen LogP contribution in [0.15, 0.2) is 67.0 Å². The number of ether oxygens (including phenoxy) is 2.